The van der Waals surface area contributed by atoms with Gasteiger partial charge in [0.2, 0.25) is 5.56 Å². The lowest BCUT2D eigenvalue weighted by atomic mass is 9.63. The minimum atomic E-state index is -0.457. The Hall–Kier alpha value is -2.65. The molecule has 142 valence electrons. The number of aliphatic imine (C=N–C) groups is 1. The fourth-order valence-corrected chi connectivity index (χ4v) is 4.78. The molecule has 0 saturated heterocycles. The van der Waals surface area contributed by atoms with Crippen molar-refractivity contribution in [1.29, 1.82) is 0 Å². The van der Waals surface area contributed by atoms with Crippen molar-refractivity contribution in [2.45, 2.75) is 32.2 Å². The number of H-pyrrole nitrogens is 1. The van der Waals surface area contributed by atoms with Crippen LogP contribution in [0.2, 0.25) is 5.02 Å². The number of aromatic amines is 1. The van der Waals surface area contributed by atoms with Gasteiger partial charge in [0, 0.05) is 40.9 Å². The summed E-state index contributed by atoms with van der Waals surface area (Å²) >= 11 is 6.24. The van der Waals surface area contributed by atoms with Gasteiger partial charge in [-0.15, -0.1) is 0 Å². The maximum absolute atomic E-state index is 11.9. The summed E-state index contributed by atoms with van der Waals surface area (Å²) in [6.07, 6.45) is 11.9. The number of aromatic nitrogens is 1. The molecular formula is C24H23ClN2O. The Morgan fingerprint density at radius 1 is 1.25 bits per heavy atom. The lowest BCUT2D eigenvalue weighted by molar-refractivity contribution is 0.413. The second-order valence-corrected chi connectivity index (χ2v) is 7.89. The lowest BCUT2D eigenvalue weighted by Crippen LogP contribution is -2.40. The first kappa shape index (κ1) is 18.7. The van der Waals surface area contributed by atoms with Gasteiger partial charge in [0.1, 0.15) is 5.54 Å². The summed E-state index contributed by atoms with van der Waals surface area (Å²) in [5.41, 5.74) is 5.19. The summed E-state index contributed by atoms with van der Waals surface area (Å²) < 4.78 is 0. The van der Waals surface area contributed by atoms with E-state index in [1.54, 1.807) is 6.07 Å². The van der Waals surface area contributed by atoms with E-state index >= 15 is 0 Å². The SMILES string of the molecule is C/C=C1\[C@H]2C=C(C)C[C@]1(N=C/C=C/c1ccccc1Cl)c1ccc(=O)[nH]c1C2. The highest BCUT2D eigenvalue weighted by atomic mass is 35.5. The van der Waals surface area contributed by atoms with Crippen molar-refractivity contribution in [1.82, 2.24) is 4.98 Å². The maximum atomic E-state index is 11.9. The lowest BCUT2D eigenvalue weighted by Gasteiger charge is -2.45. The Labute approximate surface area is 170 Å². The van der Waals surface area contributed by atoms with Gasteiger partial charge in [0.25, 0.3) is 0 Å². The van der Waals surface area contributed by atoms with Gasteiger partial charge in [-0.1, -0.05) is 53.6 Å². The van der Waals surface area contributed by atoms with Crippen LogP contribution in [-0.4, -0.2) is 11.2 Å². The number of nitrogens with zero attached hydrogens (tertiary/aromatic N) is 1. The maximum Gasteiger partial charge on any atom is 0.248 e. The van der Waals surface area contributed by atoms with Gasteiger partial charge < -0.3 is 4.98 Å². The van der Waals surface area contributed by atoms with Gasteiger partial charge in [-0.05, 0) is 49.6 Å². The van der Waals surface area contributed by atoms with Crippen LogP contribution < -0.4 is 5.56 Å². The molecule has 2 aliphatic rings. The zero-order valence-electron chi connectivity index (χ0n) is 16.1. The zero-order chi connectivity index (χ0) is 19.7. The number of nitrogens with one attached hydrogen (secondary N) is 1. The first-order chi connectivity index (χ1) is 13.5. The molecule has 2 bridgehead atoms. The van der Waals surface area contributed by atoms with Crippen LogP contribution in [0.3, 0.4) is 0 Å². The van der Waals surface area contributed by atoms with Crippen LogP contribution >= 0.6 is 11.6 Å². The second kappa shape index (κ2) is 7.40. The van der Waals surface area contributed by atoms with E-state index in [4.69, 9.17) is 16.6 Å². The van der Waals surface area contributed by atoms with E-state index in [0.29, 0.717) is 0 Å². The number of fused-ring (bicyclic) bond motifs is 4. The fraction of sp³-hybridized carbons (Fsp3) is 0.250. The first-order valence-corrected chi connectivity index (χ1v) is 9.94. The fourth-order valence-electron chi connectivity index (χ4n) is 4.58. The largest absolute Gasteiger partial charge is 0.326 e. The highest BCUT2D eigenvalue weighted by Crippen LogP contribution is 2.51. The molecule has 2 atom stereocenters. The van der Waals surface area contributed by atoms with E-state index in [-0.39, 0.29) is 11.5 Å². The van der Waals surface area contributed by atoms with Crippen LogP contribution in [0.25, 0.3) is 6.08 Å². The Balaban J connectivity index is 1.78. The molecule has 0 radical (unpaired) electrons. The molecule has 4 rings (SSSR count). The molecule has 28 heavy (non-hydrogen) atoms. The molecule has 3 nitrogen and oxygen atoms in total. The predicted molar refractivity (Wildman–Crippen MR) is 117 cm³/mol. The number of hydrogen-bond donors (Lipinski definition) is 1. The van der Waals surface area contributed by atoms with E-state index < -0.39 is 5.54 Å². The van der Waals surface area contributed by atoms with Crippen LogP contribution in [0.1, 0.15) is 37.1 Å². The predicted octanol–water partition coefficient (Wildman–Crippen LogP) is 5.48. The monoisotopic (exact) mass is 390 g/mol. The van der Waals surface area contributed by atoms with Crippen molar-refractivity contribution in [3.63, 3.8) is 0 Å². The number of rotatable bonds is 3. The van der Waals surface area contributed by atoms with E-state index in [0.717, 1.165) is 34.7 Å². The van der Waals surface area contributed by atoms with Gasteiger partial charge in [-0.2, -0.15) is 0 Å². The number of pyridine rings is 1. The Morgan fingerprint density at radius 3 is 2.86 bits per heavy atom. The standard InChI is InChI=1S/C24H23ClN2O/c1-3-19-18-13-16(2)15-24(19,20-10-11-23(28)27-22(20)14-18)26-12-6-8-17-7-4-5-9-21(17)25/h3-13,18H,14-15H2,1-2H3,(H,27,28)/b8-6+,19-3+,26-12?/t18-,24+/m0/s1. The van der Waals surface area contributed by atoms with Crippen molar-refractivity contribution in [3.05, 3.63) is 98.0 Å². The molecule has 0 unspecified atom stereocenters. The molecule has 0 spiro atoms. The Kier molecular flexibility index (Phi) is 4.94. The average molecular weight is 391 g/mol. The number of hydrogen-bond acceptors (Lipinski definition) is 2. The molecule has 0 saturated carbocycles. The third-order valence-electron chi connectivity index (χ3n) is 5.64. The van der Waals surface area contributed by atoms with Gasteiger partial charge in [-0.25, -0.2) is 0 Å². The second-order valence-electron chi connectivity index (χ2n) is 7.48. The quantitative estimate of drug-likeness (QED) is 0.547. The summed E-state index contributed by atoms with van der Waals surface area (Å²) in [4.78, 5) is 20.0. The average Bonchev–Trinajstić information content (AvgIpc) is 2.65. The zero-order valence-corrected chi connectivity index (χ0v) is 16.8. The van der Waals surface area contributed by atoms with Gasteiger partial charge in [0.15, 0.2) is 0 Å². The van der Waals surface area contributed by atoms with E-state index in [2.05, 4.69) is 31.0 Å². The molecule has 2 aromatic rings. The molecule has 1 aromatic carbocycles. The molecular weight excluding hydrogens is 368 g/mol. The highest BCUT2D eigenvalue weighted by Gasteiger charge is 2.46. The van der Waals surface area contributed by atoms with E-state index in [9.17, 15) is 4.79 Å². The Bertz CT molecular complexity index is 1090. The number of allylic oxidation sites excluding steroid dienone is 3. The molecule has 1 N–H and O–H groups in total. The van der Waals surface area contributed by atoms with Crippen molar-refractivity contribution >= 4 is 23.9 Å². The van der Waals surface area contributed by atoms with Crippen molar-refractivity contribution in [3.8, 4) is 0 Å². The van der Waals surface area contributed by atoms with Crippen molar-refractivity contribution in [2.24, 2.45) is 10.9 Å². The minimum Gasteiger partial charge on any atom is -0.326 e. The van der Waals surface area contributed by atoms with E-state index in [1.807, 2.05) is 48.7 Å². The van der Waals surface area contributed by atoms with Crippen LogP contribution in [0.5, 0.6) is 0 Å². The third-order valence-corrected chi connectivity index (χ3v) is 5.98. The normalized spacial score (nSPS) is 25.3. The Morgan fingerprint density at radius 2 is 2.07 bits per heavy atom. The smallest absolute Gasteiger partial charge is 0.248 e. The van der Waals surface area contributed by atoms with Gasteiger partial charge >= 0.3 is 0 Å². The summed E-state index contributed by atoms with van der Waals surface area (Å²) in [7, 11) is 0. The molecule has 0 fully saturated rings. The van der Waals surface area contributed by atoms with Crippen molar-refractivity contribution in [2.75, 3.05) is 0 Å². The van der Waals surface area contributed by atoms with Crippen LogP contribution in [0.4, 0.5) is 0 Å². The van der Waals surface area contributed by atoms with Crippen LogP contribution in [-0.2, 0) is 12.0 Å². The topological polar surface area (TPSA) is 45.2 Å². The van der Waals surface area contributed by atoms with Crippen LogP contribution in [0, 0.1) is 5.92 Å². The van der Waals surface area contributed by atoms with Gasteiger partial charge in [-0.3, -0.25) is 9.79 Å². The third kappa shape index (κ3) is 3.20. The highest BCUT2D eigenvalue weighted by molar-refractivity contribution is 6.32. The van der Waals surface area contributed by atoms with Gasteiger partial charge in [0.05, 0.1) is 0 Å². The summed E-state index contributed by atoms with van der Waals surface area (Å²) in [6.45, 7) is 4.25. The molecule has 0 aliphatic heterocycles. The molecule has 1 heterocycles. The number of halogens is 1. The number of benzene rings is 1. The summed E-state index contributed by atoms with van der Waals surface area (Å²) in [5.74, 6) is 0.272. The summed E-state index contributed by atoms with van der Waals surface area (Å²) in [5, 5.41) is 0.719. The first-order valence-electron chi connectivity index (χ1n) is 9.56. The molecule has 2 aliphatic carbocycles. The van der Waals surface area contributed by atoms with E-state index in [1.165, 1.54) is 11.1 Å². The minimum absolute atomic E-state index is 0.0563. The van der Waals surface area contributed by atoms with Crippen LogP contribution in [0.15, 0.2) is 75.6 Å². The molecule has 4 heteroatoms. The summed E-state index contributed by atoms with van der Waals surface area (Å²) in [6, 6.07) is 11.3. The molecule has 0 amide bonds. The van der Waals surface area contributed by atoms with Crippen molar-refractivity contribution < 1.29 is 0 Å². The molecule has 1 aromatic heterocycles.